The van der Waals surface area contributed by atoms with Crippen molar-refractivity contribution in [2.45, 2.75) is 6.54 Å². The first kappa shape index (κ1) is 14.5. The highest BCUT2D eigenvalue weighted by Gasteiger charge is 2.02. The Morgan fingerprint density at radius 1 is 0.909 bits per heavy atom. The van der Waals surface area contributed by atoms with E-state index in [-0.39, 0.29) is 0 Å². The van der Waals surface area contributed by atoms with Crippen LogP contribution in [0.15, 0.2) is 65.5 Å². The van der Waals surface area contributed by atoms with E-state index in [9.17, 15) is 0 Å². The van der Waals surface area contributed by atoms with Gasteiger partial charge in [-0.15, -0.1) is 0 Å². The topological polar surface area (TPSA) is 62.7 Å². The van der Waals surface area contributed by atoms with Crippen molar-refractivity contribution in [2.24, 2.45) is 0 Å². The number of hydrogen-bond acceptors (Lipinski definition) is 5. The number of hydrogen-bond donors (Lipinski definition) is 2. The summed E-state index contributed by atoms with van der Waals surface area (Å²) in [5.41, 5.74) is 1.92. The highest BCUT2D eigenvalue weighted by molar-refractivity contribution is 9.10. The van der Waals surface area contributed by atoms with Crippen LogP contribution in [-0.2, 0) is 6.54 Å². The Morgan fingerprint density at radius 2 is 1.73 bits per heavy atom. The van der Waals surface area contributed by atoms with Gasteiger partial charge in [0.15, 0.2) is 0 Å². The molecule has 0 bridgehead atoms. The second-order valence-electron chi connectivity index (χ2n) is 4.57. The monoisotopic (exact) mass is 355 g/mol. The lowest BCUT2D eigenvalue weighted by molar-refractivity contribution is 1.02. The van der Waals surface area contributed by atoms with Gasteiger partial charge in [-0.2, -0.15) is 0 Å². The fraction of sp³-hybridized carbons (Fsp3) is 0.0625. The van der Waals surface area contributed by atoms with Gasteiger partial charge in [0.2, 0.25) is 0 Å². The lowest BCUT2D eigenvalue weighted by Crippen LogP contribution is -2.04. The van der Waals surface area contributed by atoms with Gasteiger partial charge in [0.1, 0.15) is 18.0 Å². The van der Waals surface area contributed by atoms with Gasteiger partial charge in [-0.05, 0) is 40.2 Å². The zero-order chi connectivity index (χ0) is 15.2. The number of nitrogens with zero attached hydrogens (tertiary/aromatic N) is 3. The van der Waals surface area contributed by atoms with Gasteiger partial charge >= 0.3 is 0 Å². The maximum atomic E-state index is 4.27. The van der Waals surface area contributed by atoms with Crippen LogP contribution in [0, 0.1) is 0 Å². The molecule has 0 radical (unpaired) electrons. The van der Waals surface area contributed by atoms with Crippen molar-refractivity contribution in [3.05, 3.63) is 71.2 Å². The molecule has 3 rings (SSSR count). The van der Waals surface area contributed by atoms with Gasteiger partial charge in [-0.1, -0.05) is 18.2 Å². The number of anilines is 3. The molecule has 22 heavy (non-hydrogen) atoms. The molecule has 3 aromatic rings. The minimum absolute atomic E-state index is 0.617. The van der Waals surface area contributed by atoms with E-state index in [1.807, 2.05) is 48.5 Å². The van der Waals surface area contributed by atoms with Crippen molar-refractivity contribution in [1.29, 1.82) is 0 Å². The molecule has 6 heteroatoms. The highest BCUT2D eigenvalue weighted by Crippen LogP contribution is 2.24. The fourth-order valence-corrected chi connectivity index (χ4v) is 2.29. The summed E-state index contributed by atoms with van der Waals surface area (Å²) in [6.07, 6.45) is 3.30. The molecule has 0 fully saturated rings. The molecule has 0 aliphatic carbocycles. The third-order valence-corrected chi connectivity index (χ3v) is 3.67. The molecule has 5 nitrogen and oxygen atoms in total. The summed E-state index contributed by atoms with van der Waals surface area (Å²) in [6, 6.07) is 15.6. The largest absolute Gasteiger partial charge is 0.364 e. The minimum Gasteiger partial charge on any atom is -0.364 e. The minimum atomic E-state index is 0.617. The summed E-state index contributed by atoms with van der Waals surface area (Å²) in [5, 5.41) is 6.49. The van der Waals surface area contributed by atoms with Gasteiger partial charge < -0.3 is 10.6 Å². The van der Waals surface area contributed by atoms with Gasteiger partial charge in [0, 0.05) is 16.7 Å². The summed E-state index contributed by atoms with van der Waals surface area (Å²) in [6.45, 7) is 0.617. The third kappa shape index (κ3) is 3.79. The molecule has 0 spiro atoms. The Bertz CT molecular complexity index is 748. The van der Waals surface area contributed by atoms with Crippen LogP contribution in [0.5, 0.6) is 0 Å². The SMILES string of the molecule is Brc1ccccc1Nc1cc(NCc2ccccn2)ncn1. The number of halogens is 1. The zero-order valence-electron chi connectivity index (χ0n) is 11.7. The molecule has 0 unspecified atom stereocenters. The number of pyridine rings is 1. The van der Waals surface area contributed by atoms with Crippen LogP contribution in [0.4, 0.5) is 17.3 Å². The summed E-state index contributed by atoms with van der Waals surface area (Å²) in [4.78, 5) is 12.7. The molecule has 1 aromatic carbocycles. The Kier molecular flexibility index (Phi) is 4.60. The maximum Gasteiger partial charge on any atom is 0.135 e. The van der Waals surface area contributed by atoms with Crippen LogP contribution < -0.4 is 10.6 Å². The molecule has 0 saturated carbocycles. The van der Waals surface area contributed by atoms with E-state index in [1.54, 1.807) is 6.20 Å². The van der Waals surface area contributed by atoms with E-state index in [4.69, 9.17) is 0 Å². The van der Waals surface area contributed by atoms with Crippen molar-refractivity contribution in [1.82, 2.24) is 15.0 Å². The van der Waals surface area contributed by atoms with Gasteiger partial charge in [0.25, 0.3) is 0 Å². The molecular formula is C16H14BrN5. The number of para-hydroxylation sites is 1. The Balaban J connectivity index is 1.69. The van der Waals surface area contributed by atoms with Crippen molar-refractivity contribution >= 4 is 33.3 Å². The number of aromatic nitrogens is 3. The van der Waals surface area contributed by atoms with Gasteiger partial charge in [-0.3, -0.25) is 4.98 Å². The maximum absolute atomic E-state index is 4.27. The molecule has 0 saturated heterocycles. The van der Waals surface area contributed by atoms with Crippen LogP contribution in [0.3, 0.4) is 0 Å². The Hall–Kier alpha value is -2.47. The van der Waals surface area contributed by atoms with Crippen LogP contribution in [0.25, 0.3) is 0 Å². The molecule has 2 aromatic heterocycles. The Labute approximate surface area is 137 Å². The fourth-order valence-electron chi connectivity index (χ4n) is 1.91. The van der Waals surface area contributed by atoms with Crippen molar-refractivity contribution < 1.29 is 0 Å². The average molecular weight is 356 g/mol. The van der Waals surface area contributed by atoms with Crippen molar-refractivity contribution in [3.63, 3.8) is 0 Å². The molecule has 2 N–H and O–H groups in total. The zero-order valence-corrected chi connectivity index (χ0v) is 13.3. The first-order valence-electron chi connectivity index (χ1n) is 6.78. The van der Waals surface area contributed by atoms with Crippen molar-refractivity contribution in [2.75, 3.05) is 10.6 Å². The predicted octanol–water partition coefficient (Wildman–Crippen LogP) is 3.99. The van der Waals surface area contributed by atoms with Crippen LogP contribution >= 0.6 is 15.9 Å². The lowest BCUT2D eigenvalue weighted by atomic mass is 10.3. The van der Waals surface area contributed by atoms with E-state index in [1.165, 1.54) is 6.33 Å². The van der Waals surface area contributed by atoms with E-state index >= 15 is 0 Å². The third-order valence-electron chi connectivity index (χ3n) is 2.98. The summed E-state index contributed by atoms with van der Waals surface area (Å²) in [7, 11) is 0. The lowest BCUT2D eigenvalue weighted by Gasteiger charge is -2.09. The molecule has 0 aliphatic heterocycles. The summed E-state index contributed by atoms with van der Waals surface area (Å²) < 4.78 is 0.983. The molecule has 2 heterocycles. The smallest absolute Gasteiger partial charge is 0.135 e. The first-order valence-corrected chi connectivity index (χ1v) is 7.58. The van der Waals surface area contributed by atoms with Crippen LogP contribution in [-0.4, -0.2) is 15.0 Å². The predicted molar refractivity (Wildman–Crippen MR) is 91.0 cm³/mol. The average Bonchev–Trinajstić information content (AvgIpc) is 2.57. The molecule has 110 valence electrons. The second-order valence-corrected chi connectivity index (χ2v) is 5.42. The highest BCUT2D eigenvalue weighted by atomic mass is 79.9. The quantitative estimate of drug-likeness (QED) is 0.724. The molecule has 0 aliphatic rings. The number of benzene rings is 1. The standard InChI is InChI=1S/C16H14BrN5/c17-13-6-1-2-7-14(13)22-16-9-15(20-11-21-16)19-10-12-5-3-4-8-18-12/h1-9,11H,10H2,(H2,19,20,21,22). The molecule has 0 amide bonds. The Morgan fingerprint density at radius 3 is 2.55 bits per heavy atom. The summed E-state index contributed by atoms with van der Waals surface area (Å²) in [5.74, 6) is 1.47. The molecule has 0 atom stereocenters. The number of nitrogens with one attached hydrogen (secondary N) is 2. The second kappa shape index (κ2) is 7.00. The van der Waals surface area contributed by atoms with E-state index in [0.29, 0.717) is 6.54 Å². The normalized spacial score (nSPS) is 10.2. The first-order chi connectivity index (χ1) is 10.8. The van der Waals surface area contributed by atoms with Crippen molar-refractivity contribution in [3.8, 4) is 0 Å². The van der Waals surface area contributed by atoms with E-state index < -0.39 is 0 Å². The van der Waals surface area contributed by atoms with Crippen LogP contribution in [0.2, 0.25) is 0 Å². The van der Waals surface area contributed by atoms with Gasteiger partial charge in [0.05, 0.1) is 17.9 Å². The molecular weight excluding hydrogens is 342 g/mol. The number of rotatable bonds is 5. The van der Waals surface area contributed by atoms with E-state index in [0.717, 1.165) is 27.5 Å². The van der Waals surface area contributed by atoms with E-state index in [2.05, 4.69) is 41.5 Å². The van der Waals surface area contributed by atoms with Crippen LogP contribution in [0.1, 0.15) is 5.69 Å². The van der Waals surface area contributed by atoms with Gasteiger partial charge in [-0.25, -0.2) is 9.97 Å². The summed E-state index contributed by atoms with van der Waals surface area (Å²) >= 11 is 3.50.